The Morgan fingerprint density at radius 3 is 2.56 bits per heavy atom. The second kappa shape index (κ2) is 10.0. The number of pyridine rings is 1. The first-order valence-corrected chi connectivity index (χ1v) is 12.1. The number of fused-ring (bicyclic) bond motifs is 1. The van der Waals surface area contributed by atoms with Crippen molar-refractivity contribution in [2.24, 2.45) is 14.1 Å². The first kappa shape index (κ1) is 25.1. The van der Waals surface area contributed by atoms with Crippen LogP contribution < -0.4 is 16.6 Å². The van der Waals surface area contributed by atoms with Crippen molar-refractivity contribution in [3.63, 3.8) is 0 Å². The number of para-hydroxylation sites is 1. The first-order valence-electron chi connectivity index (χ1n) is 12.1. The van der Waals surface area contributed by atoms with Crippen LogP contribution in [0.1, 0.15) is 45.8 Å². The summed E-state index contributed by atoms with van der Waals surface area (Å²) in [6, 6.07) is 17.9. The maximum absolute atomic E-state index is 14.1. The quantitative estimate of drug-likeness (QED) is 0.353. The molecule has 0 saturated carbocycles. The normalized spacial score (nSPS) is 11.4. The Bertz CT molecular complexity index is 1900. The van der Waals surface area contributed by atoms with E-state index in [0.717, 1.165) is 5.56 Å². The third-order valence-corrected chi connectivity index (χ3v) is 6.33. The summed E-state index contributed by atoms with van der Waals surface area (Å²) >= 11 is 0. The monoisotopic (exact) mass is 516 g/mol. The number of nitriles is 1. The van der Waals surface area contributed by atoms with Crippen molar-refractivity contribution in [3.8, 4) is 23.6 Å². The van der Waals surface area contributed by atoms with E-state index >= 15 is 0 Å². The molecule has 5 rings (SSSR count). The van der Waals surface area contributed by atoms with Gasteiger partial charge in [0.25, 0.3) is 11.5 Å². The Morgan fingerprint density at radius 1 is 1.10 bits per heavy atom. The molecule has 0 aliphatic rings. The van der Waals surface area contributed by atoms with Gasteiger partial charge in [-0.3, -0.25) is 23.5 Å². The van der Waals surface area contributed by atoms with Gasteiger partial charge in [0.15, 0.2) is 11.5 Å². The number of benzene rings is 2. The molecule has 0 bridgehead atoms. The van der Waals surface area contributed by atoms with Crippen LogP contribution in [-0.4, -0.2) is 30.0 Å². The summed E-state index contributed by atoms with van der Waals surface area (Å²) in [5.74, 6) is 5.59. The van der Waals surface area contributed by atoms with Crippen LogP contribution in [0.25, 0.3) is 16.5 Å². The van der Waals surface area contributed by atoms with Crippen LogP contribution >= 0.6 is 0 Å². The minimum Gasteiger partial charge on any atom is -0.382 e. The molecule has 0 radical (unpaired) electrons. The smallest absolute Gasteiger partial charge is 0.264 e. The predicted molar refractivity (Wildman–Crippen MR) is 147 cm³/mol. The minimum atomic E-state index is -0.633. The Balaban J connectivity index is 1.65. The Morgan fingerprint density at radius 2 is 1.87 bits per heavy atom. The summed E-state index contributed by atoms with van der Waals surface area (Å²) in [6.45, 7) is 1.77. The highest BCUT2D eigenvalue weighted by atomic mass is 16.2. The molecule has 5 aromatic rings. The van der Waals surface area contributed by atoms with Gasteiger partial charge in [0.1, 0.15) is 11.6 Å². The SMILES string of the molecule is C[C@H](NC(=O)c1c(N)nn(C)c1C#N)c1cc2cccc(C#Cc3cnn(C)c3)c2c(=O)n1-c1ccccc1. The standard InChI is InChI=1S/C29H24N8O2/c1-18(33-28(38)26-24(15-30)36(3)34-27(26)31)23-14-21-9-7-8-20(13-12-19-16-32-35(2)17-19)25(21)29(39)37(23)22-10-5-4-6-11-22/h4-11,14,16-18H,1-3H3,(H2,31,34)(H,33,38)/t18-/m0/s1. The van der Waals surface area contributed by atoms with Gasteiger partial charge >= 0.3 is 0 Å². The van der Waals surface area contributed by atoms with Gasteiger partial charge in [-0.25, -0.2) is 0 Å². The average molecular weight is 517 g/mol. The fourth-order valence-corrected chi connectivity index (χ4v) is 4.51. The van der Waals surface area contributed by atoms with E-state index in [-0.39, 0.29) is 22.6 Å². The average Bonchev–Trinajstić information content (AvgIpc) is 3.47. The molecule has 3 aromatic heterocycles. The van der Waals surface area contributed by atoms with Crippen molar-refractivity contribution in [2.75, 3.05) is 5.73 Å². The summed E-state index contributed by atoms with van der Waals surface area (Å²) in [4.78, 5) is 27.3. The molecule has 10 heteroatoms. The number of rotatable bonds is 4. The van der Waals surface area contributed by atoms with E-state index in [1.165, 1.54) is 4.68 Å². The van der Waals surface area contributed by atoms with E-state index in [0.29, 0.717) is 27.7 Å². The lowest BCUT2D eigenvalue weighted by Crippen LogP contribution is -2.32. The number of aromatic nitrogens is 5. The molecule has 2 aromatic carbocycles. The molecule has 3 N–H and O–H groups in total. The zero-order valence-corrected chi connectivity index (χ0v) is 21.5. The topological polar surface area (TPSA) is 137 Å². The number of nitrogen functional groups attached to an aromatic ring is 1. The lowest BCUT2D eigenvalue weighted by Gasteiger charge is -2.21. The van der Waals surface area contributed by atoms with Gasteiger partial charge in [-0.2, -0.15) is 15.5 Å². The van der Waals surface area contributed by atoms with E-state index in [1.54, 1.807) is 35.6 Å². The Kier molecular flexibility index (Phi) is 6.45. The maximum atomic E-state index is 14.1. The predicted octanol–water partition coefficient (Wildman–Crippen LogP) is 2.80. The zero-order valence-electron chi connectivity index (χ0n) is 21.5. The molecule has 0 fully saturated rings. The lowest BCUT2D eigenvalue weighted by atomic mass is 10.0. The van der Waals surface area contributed by atoms with E-state index in [2.05, 4.69) is 27.4 Å². The third-order valence-electron chi connectivity index (χ3n) is 6.33. The van der Waals surface area contributed by atoms with Crippen LogP contribution in [0.3, 0.4) is 0 Å². The highest BCUT2D eigenvalue weighted by Crippen LogP contribution is 2.24. The number of nitrogens with zero attached hydrogens (tertiary/aromatic N) is 6. The van der Waals surface area contributed by atoms with Gasteiger partial charge in [-0.1, -0.05) is 42.2 Å². The number of hydrogen-bond donors (Lipinski definition) is 2. The Labute approximate surface area is 223 Å². The van der Waals surface area contributed by atoms with E-state index < -0.39 is 11.9 Å². The van der Waals surface area contributed by atoms with Crippen molar-refractivity contribution in [1.82, 2.24) is 29.4 Å². The molecule has 39 heavy (non-hydrogen) atoms. The summed E-state index contributed by atoms with van der Waals surface area (Å²) in [5, 5.41) is 21.7. The number of nitrogens with two attached hydrogens (primary N) is 1. The second-order valence-corrected chi connectivity index (χ2v) is 9.01. The fraction of sp³-hybridized carbons (Fsp3) is 0.138. The number of carbonyl (C=O) groups is 1. The van der Waals surface area contributed by atoms with Crippen LogP contribution in [-0.2, 0) is 14.1 Å². The molecule has 0 spiro atoms. The van der Waals surface area contributed by atoms with Gasteiger partial charge in [-0.15, -0.1) is 0 Å². The molecule has 0 aliphatic heterocycles. The van der Waals surface area contributed by atoms with Gasteiger partial charge in [0.05, 0.1) is 23.2 Å². The van der Waals surface area contributed by atoms with Gasteiger partial charge in [-0.05, 0) is 36.6 Å². The zero-order chi connectivity index (χ0) is 27.7. The van der Waals surface area contributed by atoms with Crippen LogP contribution in [0.5, 0.6) is 0 Å². The van der Waals surface area contributed by atoms with Gasteiger partial charge in [0, 0.05) is 37.2 Å². The fourth-order valence-electron chi connectivity index (χ4n) is 4.51. The summed E-state index contributed by atoms with van der Waals surface area (Å²) in [7, 11) is 3.35. The summed E-state index contributed by atoms with van der Waals surface area (Å²) < 4.78 is 4.50. The second-order valence-electron chi connectivity index (χ2n) is 9.01. The number of amides is 1. The van der Waals surface area contributed by atoms with E-state index in [9.17, 15) is 14.9 Å². The van der Waals surface area contributed by atoms with E-state index in [4.69, 9.17) is 5.73 Å². The van der Waals surface area contributed by atoms with Crippen molar-refractivity contribution in [1.29, 1.82) is 5.26 Å². The summed E-state index contributed by atoms with van der Waals surface area (Å²) in [5.41, 5.74) is 8.19. The van der Waals surface area contributed by atoms with Crippen molar-refractivity contribution >= 4 is 22.5 Å². The molecule has 0 saturated heterocycles. The van der Waals surface area contributed by atoms with Crippen LogP contribution in [0.15, 0.2) is 71.8 Å². The molecule has 1 atom stereocenters. The number of hydrogen-bond acceptors (Lipinski definition) is 6. The highest BCUT2D eigenvalue weighted by molar-refractivity contribution is 6.00. The third kappa shape index (κ3) is 4.63. The van der Waals surface area contributed by atoms with Gasteiger partial charge < -0.3 is 11.1 Å². The van der Waals surface area contributed by atoms with Crippen molar-refractivity contribution in [2.45, 2.75) is 13.0 Å². The number of aryl methyl sites for hydroxylation is 2. The Hall–Kier alpha value is -5.61. The molecule has 192 valence electrons. The van der Waals surface area contributed by atoms with Crippen LogP contribution in [0, 0.1) is 23.2 Å². The molecule has 1 amide bonds. The first-order chi connectivity index (χ1) is 18.8. The largest absolute Gasteiger partial charge is 0.382 e. The number of anilines is 1. The lowest BCUT2D eigenvalue weighted by molar-refractivity contribution is 0.0939. The van der Waals surface area contributed by atoms with Crippen LogP contribution in [0.2, 0.25) is 0 Å². The van der Waals surface area contributed by atoms with Crippen LogP contribution in [0.4, 0.5) is 5.82 Å². The number of carbonyl (C=O) groups excluding carboxylic acids is 1. The molecule has 0 aliphatic carbocycles. The van der Waals surface area contributed by atoms with Crippen molar-refractivity contribution in [3.05, 3.63) is 105 Å². The highest BCUT2D eigenvalue weighted by Gasteiger charge is 2.25. The number of nitrogens with one attached hydrogen (secondary N) is 1. The maximum Gasteiger partial charge on any atom is 0.264 e. The molecular weight excluding hydrogens is 492 g/mol. The molecular formula is C29H24N8O2. The molecule has 0 unspecified atom stereocenters. The van der Waals surface area contributed by atoms with Gasteiger partial charge in [0.2, 0.25) is 0 Å². The van der Waals surface area contributed by atoms with E-state index in [1.807, 2.05) is 67.7 Å². The minimum absolute atomic E-state index is 0.00536. The van der Waals surface area contributed by atoms with Crippen molar-refractivity contribution < 1.29 is 4.79 Å². The molecule has 10 nitrogen and oxygen atoms in total. The molecule has 3 heterocycles. The summed E-state index contributed by atoms with van der Waals surface area (Å²) in [6.07, 6.45) is 3.46.